The molecule has 0 unspecified atom stereocenters. The topological polar surface area (TPSA) is 53.1 Å². The molecule has 4 nitrogen and oxygen atoms in total. The SMILES string of the molecule is Cl.Cn1cc(-c2cc(CN)cc(OC(F)(F)F)c2)cn1. The first kappa shape index (κ1) is 16.3. The lowest BCUT2D eigenvalue weighted by molar-refractivity contribution is -0.274. The van der Waals surface area contributed by atoms with E-state index in [4.69, 9.17) is 5.73 Å². The number of aromatic nitrogens is 2. The first-order valence-corrected chi connectivity index (χ1v) is 5.46. The molecular weight excluding hydrogens is 295 g/mol. The number of rotatable bonds is 3. The Labute approximate surface area is 119 Å². The number of nitrogens with zero attached hydrogens (tertiary/aromatic N) is 2. The lowest BCUT2D eigenvalue weighted by Gasteiger charge is -2.11. The van der Waals surface area contributed by atoms with Crippen molar-refractivity contribution in [2.75, 3.05) is 0 Å². The van der Waals surface area contributed by atoms with Gasteiger partial charge in [-0.2, -0.15) is 5.10 Å². The molecule has 0 fully saturated rings. The number of nitrogens with two attached hydrogens (primary N) is 1. The quantitative estimate of drug-likeness (QED) is 0.948. The Morgan fingerprint density at radius 1 is 1.25 bits per heavy atom. The van der Waals surface area contributed by atoms with Crippen molar-refractivity contribution in [3.8, 4) is 16.9 Å². The van der Waals surface area contributed by atoms with E-state index in [0.29, 0.717) is 16.7 Å². The second kappa shape index (κ2) is 6.15. The molecule has 0 saturated carbocycles. The van der Waals surface area contributed by atoms with Crippen molar-refractivity contribution >= 4 is 12.4 Å². The van der Waals surface area contributed by atoms with Crippen LogP contribution in [0.1, 0.15) is 5.56 Å². The lowest BCUT2D eigenvalue weighted by atomic mass is 10.1. The normalized spacial score (nSPS) is 11.1. The molecule has 2 aromatic rings. The summed E-state index contributed by atoms with van der Waals surface area (Å²) in [6, 6.07) is 4.29. The number of aryl methyl sites for hydroxylation is 1. The van der Waals surface area contributed by atoms with E-state index < -0.39 is 6.36 Å². The number of halogens is 4. The number of alkyl halides is 3. The molecule has 0 aliphatic rings. The third-order valence-electron chi connectivity index (χ3n) is 2.47. The van der Waals surface area contributed by atoms with Gasteiger partial charge >= 0.3 is 6.36 Å². The predicted molar refractivity (Wildman–Crippen MR) is 70.5 cm³/mol. The maximum absolute atomic E-state index is 12.2. The van der Waals surface area contributed by atoms with Crippen LogP contribution in [0.3, 0.4) is 0 Å². The van der Waals surface area contributed by atoms with Crippen LogP contribution in [0.5, 0.6) is 5.75 Å². The zero-order valence-corrected chi connectivity index (χ0v) is 11.3. The van der Waals surface area contributed by atoms with Gasteiger partial charge in [-0.3, -0.25) is 4.68 Å². The van der Waals surface area contributed by atoms with E-state index in [9.17, 15) is 13.2 Å². The highest BCUT2D eigenvalue weighted by molar-refractivity contribution is 5.85. The third kappa shape index (κ3) is 4.14. The van der Waals surface area contributed by atoms with Crippen LogP contribution >= 0.6 is 12.4 Å². The van der Waals surface area contributed by atoms with Gasteiger partial charge in [0.1, 0.15) is 5.75 Å². The van der Waals surface area contributed by atoms with Crippen molar-refractivity contribution in [3.05, 3.63) is 36.2 Å². The largest absolute Gasteiger partial charge is 0.573 e. The summed E-state index contributed by atoms with van der Waals surface area (Å²) < 4.78 is 42.2. The summed E-state index contributed by atoms with van der Waals surface area (Å²) in [5.41, 5.74) is 7.31. The van der Waals surface area contributed by atoms with Gasteiger partial charge in [0.2, 0.25) is 0 Å². The van der Waals surface area contributed by atoms with Gasteiger partial charge in [0.15, 0.2) is 0 Å². The minimum absolute atomic E-state index is 0. The van der Waals surface area contributed by atoms with E-state index in [0.717, 1.165) is 0 Å². The Kier molecular flexibility index (Phi) is 5.02. The fourth-order valence-electron chi connectivity index (χ4n) is 1.71. The van der Waals surface area contributed by atoms with E-state index in [2.05, 4.69) is 9.84 Å². The monoisotopic (exact) mass is 307 g/mol. The molecule has 1 heterocycles. The summed E-state index contributed by atoms with van der Waals surface area (Å²) in [6.07, 6.45) is -1.46. The van der Waals surface area contributed by atoms with E-state index in [1.165, 1.54) is 12.1 Å². The molecule has 0 saturated heterocycles. The molecule has 0 radical (unpaired) electrons. The van der Waals surface area contributed by atoms with Crippen molar-refractivity contribution in [1.82, 2.24) is 9.78 Å². The maximum atomic E-state index is 12.2. The molecule has 1 aromatic carbocycles. The van der Waals surface area contributed by atoms with E-state index in [1.54, 1.807) is 30.2 Å². The molecule has 0 aliphatic carbocycles. The summed E-state index contributed by atoms with van der Waals surface area (Å²) in [5.74, 6) is -0.283. The number of ether oxygens (including phenoxy) is 1. The average Bonchev–Trinajstić information content (AvgIpc) is 2.73. The zero-order valence-electron chi connectivity index (χ0n) is 10.5. The molecular formula is C12H13ClF3N3O. The minimum Gasteiger partial charge on any atom is -0.406 e. The molecule has 20 heavy (non-hydrogen) atoms. The van der Waals surface area contributed by atoms with Crippen LogP contribution < -0.4 is 10.5 Å². The van der Waals surface area contributed by atoms with Gasteiger partial charge in [-0.05, 0) is 29.3 Å². The number of hydrogen-bond acceptors (Lipinski definition) is 3. The van der Waals surface area contributed by atoms with Gasteiger partial charge in [-0.1, -0.05) is 0 Å². The van der Waals surface area contributed by atoms with Crippen LogP contribution in [0.15, 0.2) is 30.6 Å². The van der Waals surface area contributed by atoms with Gasteiger partial charge in [-0.25, -0.2) is 0 Å². The Hall–Kier alpha value is -1.73. The van der Waals surface area contributed by atoms with Gasteiger partial charge in [-0.15, -0.1) is 25.6 Å². The molecule has 2 rings (SSSR count). The van der Waals surface area contributed by atoms with Crippen LogP contribution in [0, 0.1) is 0 Å². The molecule has 1 aromatic heterocycles. The van der Waals surface area contributed by atoms with Crippen LogP contribution in [0.4, 0.5) is 13.2 Å². The van der Waals surface area contributed by atoms with E-state index >= 15 is 0 Å². The average molecular weight is 308 g/mol. The Morgan fingerprint density at radius 3 is 2.45 bits per heavy atom. The smallest absolute Gasteiger partial charge is 0.406 e. The van der Waals surface area contributed by atoms with Crippen LogP contribution in [-0.4, -0.2) is 16.1 Å². The zero-order chi connectivity index (χ0) is 14.0. The van der Waals surface area contributed by atoms with Crippen LogP contribution in [0.25, 0.3) is 11.1 Å². The van der Waals surface area contributed by atoms with Gasteiger partial charge in [0.05, 0.1) is 6.20 Å². The molecule has 2 N–H and O–H groups in total. The predicted octanol–water partition coefficient (Wildman–Crippen LogP) is 2.87. The number of benzene rings is 1. The molecule has 0 amide bonds. The summed E-state index contributed by atoms with van der Waals surface area (Å²) >= 11 is 0. The van der Waals surface area contributed by atoms with Crippen molar-refractivity contribution in [2.45, 2.75) is 12.9 Å². The molecule has 110 valence electrons. The molecule has 0 spiro atoms. The van der Waals surface area contributed by atoms with Crippen molar-refractivity contribution < 1.29 is 17.9 Å². The Balaban J connectivity index is 0.00000200. The standard InChI is InChI=1S/C12H12F3N3O.ClH/c1-18-7-10(6-17-18)9-2-8(5-16)3-11(4-9)19-12(13,14)15;/h2-4,6-7H,5,16H2,1H3;1H. The van der Waals surface area contributed by atoms with Crippen molar-refractivity contribution in [2.24, 2.45) is 12.8 Å². The summed E-state index contributed by atoms with van der Waals surface area (Å²) in [5, 5.41) is 3.98. The van der Waals surface area contributed by atoms with Gasteiger partial charge in [0, 0.05) is 25.4 Å². The fraction of sp³-hybridized carbons (Fsp3) is 0.250. The summed E-state index contributed by atoms with van der Waals surface area (Å²) in [7, 11) is 1.73. The van der Waals surface area contributed by atoms with E-state index in [1.807, 2.05) is 0 Å². The highest BCUT2D eigenvalue weighted by atomic mass is 35.5. The molecule has 0 bridgehead atoms. The van der Waals surface area contributed by atoms with E-state index in [-0.39, 0.29) is 24.7 Å². The van der Waals surface area contributed by atoms with Crippen LogP contribution in [0.2, 0.25) is 0 Å². The molecule has 8 heteroatoms. The van der Waals surface area contributed by atoms with Gasteiger partial charge in [0.25, 0.3) is 0 Å². The first-order chi connectivity index (χ1) is 8.87. The highest BCUT2D eigenvalue weighted by Gasteiger charge is 2.31. The fourth-order valence-corrected chi connectivity index (χ4v) is 1.71. The summed E-state index contributed by atoms with van der Waals surface area (Å²) in [6.45, 7) is 0.127. The third-order valence-corrected chi connectivity index (χ3v) is 2.47. The van der Waals surface area contributed by atoms with Crippen molar-refractivity contribution in [1.29, 1.82) is 0 Å². The summed E-state index contributed by atoms with van der Waals surface area (Å²) in [4.78, 5) is 0. The van der Waals surface area contributed by atoms with Crippen molar-refractivity contribution in [3.63, 3.8) is 0 Å². The number of hydrogen-bond donors (Lipinski definition) is 1. The maximum Gasteiger partial charge on any atom is 0.573 e. The highest BCUT2D eigenvalue weighted by Crippen LogP contribution is 2.29. The second-order valence-electron chi connectivity index (χ2n) is 4.02. The molecule has 0 aliphatic heterocycles. The minimum atomic E-state index is -4.72. The Bertz CT molecular complexity index is 584. The van der Waals surface area contributed by atoms with Gasteiger partial charge < -0.3 is 10.5 Å². The Morgan fingerprint density at radius 2 is 1.95 bits per heavy atom. The second-order valence-corrected chi connectivity index (χ2v) is 4.02. The first-order valence-electron chi connectivity index (χ1n) is 5.46. The van der Waals surface area contributed by atoms with Crippen LogP contribution in [-0.2, 0) is 13.6 Å². The molecule has 0 atom stereocenters. The lowest BCUT2D eigenvalue weighted by Crippen LogP contribution is -2.17.